The lowest BCUT2D eigenvalue weighted by molar-refractivity contribution is -0.120. The van der Waals surface area contributed by atoms with E-state index in [-0.39, 0.29) is 12.3 Å². The molecule has 28 heavy (non-hydrogen) atoms. The van der Waals surface area contributed by atoms with E-state index < -0.39 is 0 Å². The molecule has 0 aliphatic carbocycles. The zero-order chi connectivity index (χ0) is 19.8. The highest BCUT2D eigenvalue weighted by molar-refractivity contribution is 7.98. The summed E-state index contributed by atoms with van der Waals surface area (Å²) < 4.78 is 5.69. The van der Waals surface area contributed by atoms with Crippen LogP contribution in [-0.4, -0.2) is 23.2 Å². The minimum atomic E-state index is -0.0750. The Kier molecular flexibility index (Phi) is 6.88. The van der Waals surface area contributed by atoms with Crippen LogP contribution in [-0.2, 0) is 17.0 Å². The van der Waals surface area contributed by atoms with Crippen LogP contribution in [0.5, 0.6) is 0 Å². The third kappa shape index (κ3) is 5.24. The van der Waals surface area contributed by atoms with Crippen LogP contribution in [0.15, 0.2) is 59.0 Å². The lowest BCUT2D eigenvalue weighted by atomic mass is 10.1. The van der Waals surface area contributed by atoms with E-state index in [4.69, 9.17) is 9.68 Å². The summed E-state index contributed by atoms with van der Waals surface area (Å²) in [5.41, 5.74) is 3.28. The number of hydrogen-bond acceptors (Lipinski definition) is 5. The van der Waals surface area contributed by atoms with Gasteiger partial charge in [0, 0.05) is 23.6 Å². The highest BCUT2D eigenvalue weighted by Gasteiger charge is 2.14. The first-order valence-corrected chi connectivity index (χ1v) is 10.2. The number of oxazole rings is 1. The third-order valence-electron chi connectivity index (χ3n) is 4.21. The van der Waals surface area contributed by atoms with Crippen LogP contribution in [0, 0.1) is 18.3 Å². The Morgan fingerprint density at radius 3 is 2.71 bits per heavy atom. The van der Waals surface area contributed by atoms with Gasteiger partial charge in [0.1, 0.15) is 5.76 Å². The standard InChI is InChI=1S/C22H21N3O2S/c1-16-20(25-22(27-16)17-7-3-2-4-8-17)13-21(26)24-11-12-28-15-19-10-6-5-9-18(19)14-23/h2-10H,11-13,15H2,1H3,(H,24,26). The summed E-state index contributed by atoms with van der Waals surface area (Å²) in [6.45, 7) is 2.39. The Morgan fingerprint density at radius 2 is 1.93 bits per heavy atom. The molecule has 0 fully saturated rings. The van der Waals surface area contributed by atoms with Gasteiger partial charge in [0.2, 0.25) is 11.8 Å². The van der Waals surface area contributed by atoms with Crippen molar-refractivity contribution in [1.29, 1.82) is 5.26 Å². The maximum atomic E-state index is 12.2. The van der Waals surface area contributed by atoms with E-state index >= 15 is 0 Å². The average molecular weight is 391 g/mol. The van der Waals surface area contributed by atoms with Crippen molar-refractivity contribution in [3.8, 4) is 17.5 Å². The van der Waals surface area contributed by atoms with Crippen molar-refractivity contribution in [1.82, 2.24) is 10.3 Å². The fourth-order valence-corrected chi connectivity index (χ4v) is 3.57. The van der Waals surface area contributed by atoms with Gasteiger partial charge in [-0.3, -0.25) is 4.79 Å². The van der Waals surface area contributed by atoms with E-state index in [2.05, 4.69) is 16.4 Å². The average Bonchev–Trinajstić information content (AvgIpc) is 3.09. The number of rotatable bonds is 8. The van der Waals surface area contributed by atoms with Crippen molar-refractivity contribution >= 4 is 17.7 Å². The molecule has 0 spiro atoms. The molecule has 0 saturated carbocycles. The summed E-state index contributed by atoms with van der Waals surface area (Å²) in [5, 5.41) is 12.0. The van der Waals surface area contributed by atoms with Crippen LogP contribution in [0.25, 0.3) is 11.5 Å². The van der Waals surface area contributed by atoms with E-state index in [0.717, 1.165) is 22.6 Å². The van der Waals surface area contributed by atoms with E-state index in [1.165, 1.54) is 0 Å². The van der Waals surface area contributed by atoms with Crippen molar-refractivity contribution in [3.63, 3.8) is 0 Å². The number of thioether (sulfide) groups is 1. The van der Waals surface area contributed by atoms with Gasteiger partial charge >= 0.3 is 0 Å². The van der Waals surface area contributed by atoms with Gasteiger partial charge in [-0.1, -0.05) is 36.4 Å². The van der Waals surface area contributed by atoms with E-state index in [1.807, 2.05) is 61.5 Å². The predicted molar refractivity (Wildman–Crippen MR) is 111 cm³/mol. The molecule has 3 rings (SSSR count). The van der Waals surface area contributed by atoms with Crippen LogP contribution in [0.3, 0.4) is 0 Å². The molecule has 1 amide bonds. The maximum Gasteiger partial charge on any atom is 0.226 e. The molecule has 1 aromatic heterocycles. The van der Waals surface area contributed by atoms with Gasteiger partial charge in [0.05, 0.1) is 23.7 Å². The molecule has 3 aromatic rings. The first kappa shape index (κ1) is 19.7. The van der Waals surface area contributed by atoms with Crippen molar-refractivity contribution in [2.45, 2.75) is 19.1 Å². The van der Waals surface area contributed by atoms with Crippen LogP contribution < -0.4 is 5.32 Å². The molecular weight excluding hydrogens is 370 g/mol. The molecular formula is C22H21N3O2S. The number of aromatic nitrogens is 1. The van der Waals surface area contributed by atoms with Gasteiger partial charge in [-0.2, -0.15) is 17.0 Å². The molecule has 1 N–H and O–H groups in total. The Morgan fingerprint density at radius 1 is 1.18 bits per heavy atom. The van der Waals surface area contributed by atoms with E-state index in [0.29, 0.717) is 29.5 Å². The van der Waals surface area contributed by atoms with Gasteiger partial charge in [-0.15, -0.1) is 0 Å². The number of carbonyl (C=O) groups is 1. The SMILES string of the molecule is Cc1oc(-c2ccccc2)nc1CC(=O)NCCSCc1ccccc1C#N. The zero-order valence-electron chi connectivity index (χ0n) is 15.6. The number of benzene rings is 2. The van der Waals surface area contributed by atoms with Crippen LogP contribution in [0.4, 0.5) is 0 Å². The molecule has 142 valence electrons. The smallest absolute Gasteiger partial charge is 0.226 e. The molecule has 0 radical (unpaired) electrons. The van der Waals surface area contributed by atoms with Crippen molar-refractivity contribution in [2.24, 2.45) is 0 Å². The monoisotopic (exact) mass is 391 g/mol. The Bertz CT molecular complexity index is 977. The summed E-state index contributed by atoms with van der Waals surface area (Å²) in [7, 11) is 0. The van der Waals surface area contributed by atoms with E-state index in [1.54, 1.807) is 11.8 Å². The van der Waals surface area contributed by atoms with Crippen LogP contribution in [0.1, 0.15) is 22.6 Å². The summed E-state index contributed by atoms with van der Waals surface area (Å²) in [6, 6.07) is 19.4. The van der Waals surface area contributed by atoms with Gasteiger partial charge in [0.15, 0.2) is 0 Å². The molecule has 1 heterocycles. The topological polar surface area (TPSA) is 78.9 Å². The predicted octanol–water partition coefficient (Wildman–Crippen LogP) is 4.11. The second kappa shape index (κ2) is 9.77. The molecule has 2 aromatic carbocycles. The second-order valence-electron chi connectivity index (χ2n) is 6.24. The maximum absolute atomic E-state index is 12.2. The quantitative estimate of drug-likeness (QED) is 0.585. The largest absolute Gasteiger partial charge is 0.441 e. The molecule has 0 atom stereocenters. The minimum absolute atomic E-state index is 0.0750. The fourth-order valence-electron chi connectivity index (χ4n) is 2.71. The van der Waals surface area contributed by atoms with Gasteiger partial charge in [-0.25, -0.2) is 4.98 Å². The second-order valence-corrected chi connectivity index (χ2v) is 7.34. The number of nitrogens with one attached hydrogen (secondary N) is 1. The van der Waals surface area contributed by atoms with Gasteiger partial charge < -0.3 is 9.73 Å². The Hall–Kier alpha value is -3.04. The molecule has 5 nitrogen and oxygen atoms in total. The third-order valence-corrected chi connectivity index (χ3v) is 5.21. The zero-order valence-corrected chi connectivity index (χ0v) is 16.5. The first-order valence-electron chi connectivity index (χ1n) is 9.01. The molecule has 0 aliphatic heterocycles. The number of nitriles is 1. The summed E-state index contributed by atoms with van der Waals surface area (Å²) in [4.78, 5) is 16.7. The normalized spacial score (nSPS) is 10.4. The lowest BCUT2D eigenvalue weighted by Crippen LogP contribution is -2.27. The summed E-state index contributed by atoms with van der Waals surface area (Å²) >= 11 is 1.69. The number of carbonyl (C=O) groups excluding carboxylic acids is 1. The summed E-state index contributed by atoms with van der Waals surface area (Å²) in [5.74, 6) is 2.65. The number of nitrogens with zero attached hydrogens (tertiary/aromatic N) is 2. The van der Waals surface area contributed by atoms with Crippen molar-refractivity contribution in [2.75, 3.05) is 12.3 Å². The lowest BCUT2D eigenvalue weighted by Gasteiger charge is -2.05. The fraction of sp³-hybridized carbons (Fsp3) is 0.227. The van der Waals surface area contributed by atoms with Crippen LogP contribution >= 0.6 is 11.8 Å². The minimum Gasteiger partial charge on any atom is -0.441 e. The van der Waals surface area contributed by atoms with E-state index in [9.17, 15) is 4.79 Å². The highest BCUT2D eigenvalue weighted by atomic mass is 32.2. The molecule has 0 unspecified atom stereocenters. The molecule has 0 bridgehead atoms. The molecule has 0 saturated heterocycles. The number of amides is 1. The molecule has 6 heteroatoms. The molecule has 0 aliphatic rings. The van der Waals surface area contributed by atoms with Gasteiger partial charge in [0.25, 0.3) is 0 Å². The number of aryl methyl sites for hydroxylation is 1. The highest BCUT2D eigenvalue weighted by Crippen LogP contribution is 2.21. The van der Waals surface area contributed by atoms with Crippen molar-refractivity contribution in [3.05, 3.63) is 77.2 Å². The van der Waals surface area contributed by atoms with Crippen molar-refractivity contribution < 1.29 is 9.21 Å². The van der Waals surface area contributed by atoms with Crippen LogP contribution in [0.2, 0.25) is 0 Å². The Labute approximate surface area is 168 Å². The Balaban J connectivity index is 1.44. The summed E-state index contributed by atoms with van der Waals surface area (Å²) in [6.07, 6.45) is 0.199. The van der Waals surface area contributed by atoms with Gasteiger partial charge in [-0.05, 0) is 30.7 Å². The number of hydrogen-bond donors (Lipinski definition) is 1. The first-order chi connectivity index (χ1) is 13.7.